The maximum atomic E-state index is 12.0. The molecule has 29 heavy (non-hydrogen) atoms. The Morgan fingerprint density at radius 2 is 1.86 bits per heavy atom. The second-order valence-electron chi connectivity index (χ2n) is 7.87. The fourth-order valence-corrected chi connectivity index (χ4v) is 3.93. The number of aromatic nitrogens is 4. The molecule has 1 aliphatic heterocycles. The number of carbonyl (C=O) groups is 1. The van der Waals surface area contributed by atoms with Crippen LogP contribution in [0, 0.1) is 4.77 Å². The molecule has 0 unspecified atom stereocenters. The first-order valence-electron chi connectivity index (χ1n) is 10.5. The van der Waals surface area contributed by atoms with Crippen molar-refractivity contribution in [3.8, 4) is 11.4 Å². The number of piperazine rings is 1. The van der Waals surface area contributed by atoms with Gasteiger partial charge in [0, 0.05) is 56.7 Å². The normalized spacial score (nSPS) is 18.1. The largest absolute Gasteiger partial charge is 0.352 e. The standard InChI is InChI=1S/C20H29N7OS/c1-2-9-26-19(16-5-7-21-8-6-16)23-27(20(26)29)15-25-12-10-24(11-13-25)14-18(28)22-17-3-4-17/h5-8,17H,2-4,9-15H2,1H3,(H,22,28). The van der Waals surface area contributed by atoms with Crippen LogP contribution in [0.5, 0.6) is 0 Å². The van der Waals surface area contributed by atoms with E-state index < -0.39 is 0 Å². The topological polar surface area (TPSA) is 71.2 Å². The van der Waals surface area contributed by atoms with Crippen LogP contribution in [0.2, 0.25) is 0 Å². The lowest BCUT2D eigenvalue weighted by molar-refractivity contribution is -0.122. The molecular weight excluding hydrogens is 386 g/mol. The molecule has 1 N–H and O–H groups in total. The number of carbonyl (C=O) groups excluding carboxylic acids is 1. The van der Waals surface area contributed by atoms with Gasteiger partial charge in [-0.2, -0.15) is 5.10 Å². The lowest BCUT2D eigenvalue weighted by Gasteiger charge is -2.33. The van der Waals surface area contributed by atoms with Crippen molar-refractivity contribution in [3.05, 3.63) is 29.3 Å². The van der Waals surface area contributed by atoms with Gasteiger partial charge in [-0.25, -0.2) is 4.68 Å². The maximum Gasteiger partial charge on any atom is 0.234 e. The Kier molecular flexibility index (Phi) is 6.37. The van der Waals surface area contributed by atoms with Crippen molar-refractivity contribution in [1.82, 2.24) is 34.4 Å². The Balaban J connectivity index is 1.38. The monoisotopic (exact) mass is 415 g/mol. The Morgan fingerprint density at radius 1 is 1.17 bits per heavy atom. The van der Waals surface area contributed by atoms with Gasteiger partial charge in [-0.15, -0.1) is 0 Å². The number of hydrogen-bond donors (Lipinski definition) is 1. The average molecular weight is 416 g/mol. The van der Waals surface area contributed by atoms with Crippen molar-refractivity contribution < 1.29 is 4.79 Å². The predicted molar refractivity (Wildman–Crippen MR) is 114 cm³/mol. The van der Waals surface area contributed by atoms with Crippen LogP contribution in [-0.4, -0.2) is 73.8 Å². The minimum absolute atomic E-state index is 0.156. The second-order valence-corrected chi connectivity index (χ2v) is 8.24. The van der Waals surface area contributed by atoms with E-state index in [1.165, 1.54) is 0 Å². The van der Waals surface area contributed by atoms with Crippen LogP contribution in [0.15, 0.2) is 24.5 Å². The van der Waals surface area contributed by atoms with Gasteiger partial charge in [-0.3, -0.25) is 24.1 Å². The zero-order valence-electron chi connectivity index (χ0n) is 17.0. The SMILES string of the molecule is CCCn1c(-c2ccncc2)nn(CN2CCN(CC(=O)NC3CC3)CC2)c1=S. The predicted octanol–water partition coefficient (Wildman–Crippen LogP) is 1.74. The highest BCUT2D eigenvalue weighted by atomic mass is 32.1. The van der Waals surface area contributed by atoms with Crippen LogP contribution < -0.4 is 5.32 Å². The molecule has 2 aromatic rings. The first-order chi connectivity index (χ1) is 14.1. The zero-order valence-corrected chi connectivity index (χ0v) is 17.8. The molecule has 8 nitrogen and oxygen atoms in total. The van der Waals surface area contributed by atoms with Crippen molar-refractivity contribution in [2.24, 2.45) is 0 Å². The molecule has 156 valence electrons. The van der Waals surface area contributed by atoms with E-state index >= 15 is 0 Å². The van der Waals surface area contributed by atoms with E-state index in [1.54, 1.807) is 12.4 Å². The van der Waals surface area contributed by atoms with Gasteiger partial charge >= 0.3 is 0 Å². The molecule has 9 heteroatoms. The zero-order chi connectivity index (χ0) is 20.2. The van der Waals surface area contributed by atoms with Crippen LogP contribution >= 0.6 is 12.2 Å². The lowest BCUT2D eigenvalue weighted by Crippen LogP contribution is -2.49. The smallest absolute Gasteiger partial charge is 0.234 e. The summed E-state index contributed by atoms with van der Waals surface area (Å²) in [5, 5.41) is 7.89. The van der Waals surface area contributed by atoms with Crippen LogP contribution in [0.25, 0.3) is 11.4 Å². The number of pyridine rings is 1. The second kappa shape index (κ2) is 9.15. The molecule has 0 spiro atoms. The van der Waals surface area contributed by atoms with Crippen molar-refractivity contribution in [2.75, 3.05) is 32.7 Å². The van der Waals surface area contributed by atoms with E-state index in [4.69, 9.17) is 17.3 Å². The van der Waals surface area contributed by atoms with Crippen LogP contribution in [0.4, 0.5) is 0 Å². The van der Waals surface area contributed by atoms with Crippen molar-refractivity contribution in [2.45, 2.75) is 45.4 Å². The molecule has 0 bridgehead atoms. The number of hydrogen-bond acceptors (Lipinski definition) is 6. The molecule has 2 aliphatic rings. The Hall–Kier alpha value is -2.10. The highest BCUT2D eigenvalue weighted by molar-refractivity contribution is 7.71. The summed E-state index contributed by atoms with van der Waals surface area (Å²) in [5.74, 6) is 1.05. The summed E-state index contributed by atoms with van der Waals surface area (Å²) in [4.78, 5) is 20.7. The molecule has 0 atom stereocenters. The molecule has 1 saturated carbocycles. The minimum Gasteiger partial charge on any atom is -0.352 e. The van der Waals surface area contributed by atoms with Gasteiger partial charge in [0.25, 0.3) is 0 Å². The van der Waals surface area contributed by atoms with E-state index in [0.29, 0.717) is 19.3 Å². The van der Waals surface area contributed by atoms with Gasteiger partial charge in [-0.1, -0.05) is 6.92 Å². The third-order valence-electron chi connectivity index (χ3n) is 5.42. The summed E-state index contributed by atoms with van der Waals surface area (Å²) in [6.45, 7) is 7.76. The van der Waals surface area contributed by atoms with Gasteiger partial charge in [0.1, 0.15) is 0 Å². The molecule has 3 heterocycles. The summed E-state index contributed by atoms with van der Waals surface area (Å²) < 4.78 is 4.80. The number of amides is 1. The van der Waals surface area contributed by atoms with Crippen LogP contribution in [-0.2, 0) is 18.0 Å². The Bertz CT molecular complexity index is 882. The number of nitrogens with zero attached hydrogens (tertiary/aromatic N) is 6. The van der Waals surface area contributed by atoms with Gasteiger partial charge in [0.05, 0.1) is 13.2 Å². The molecule has 1 aliphatic carbocycles. The fraction of sp³-hybridized carbons (Fsp3) is 0.600. The molecule has 1 saturated heterocycles. The minimum atomic E-state index is 0.156. The van der Waals surface area contributed by atoms with Crippen molar-refractivity contribution in [1.29, 1.82) is 0 Å². The quantitative estimate of drug-likeness (QED) is 0.663. The Morgan fingerprint density at radius 3 is 2.52 bits per heavy atom. The van der Waals surface area contributed by atoms with Crippen molar-refractivity contribution >= 4 is 18.1 Å². The molecule has 0 radical (unpaired) electrons. The summed E-state index contributed by atoms with van der Waals surface area (Å²) in [6, 6.07) is 4.37. The first-order valence-corrected chi connectivity index (χ1v) is 10.9. The summed E-state index contributed by atoms with van der Waals surface area (Å²) in [5.41, 5.74) is 1.03. The average Bonchev–Trinajstić information content (AvgIpc) is 3.49. The highest BCUT2D eigenvalue weighted by Gasteiger charge is 2.25. The van der Waals surface area contributed by atoms with E-state index in [9.17, 15) is 4.79 Å². The molecule has 2 aromatic heterocycles. The molecular formula is C20H29N7OS. The third-order valence-corrected chi connectivity index (χ3v) is 5.85. The first kappa shape index (κ1) is 20.2. The van der Waals surface area contributed by atoms with E-state index in [-0.39, 0.29) is 5.91 Å². The highest BCUT2D eigenvalue weighted by Crippen LogP contribution is 2.19. The van der Waals surface area contributed by atoms with Crippen molar-refractivity contribution in [3.63, 3.8) is 0 Å². The van der Waals surface area contributed by atoms with Crippen LogP contribution in [0.1, 0.15) is 26.2 Å². The van der Waals surface area contributed by atoms with E-state index in [2.05, 4.69) is 31.6 Å². The molecule has 1 amide bonds. The summed E-state index contributed by atoms with van der Waals surface area (Å²) >= 11 is 5.73. The van der Waals surface area contributed by atoms with Crippen LogP contribution in [0.3, 0.4) is 0 Å². The lowest BCUT2D eigenvalue weighted by atomic mass is 10.2. The Labute approximate surface area is 176 Å². The summed E-state index contributed by atoms with van der Waals surface area (Å²) in [6.07, 6.45) is 6.83. The third kappa shape index (κ3) is 5.09. The fourth-order valence-electron chi connectivity index (χ4n) is 3.66. The van der Waals surface area contributed by atoms with Gasteiger partial charge < -0.3 is 5.32 Å². The maximum absolute atomic E-state index is 12.0. The van der Waals surface area contributed by atoms with E-state index in [0.717, 1.165) is 68.1 Å². The number of nitrogens with one attached hydrogen (secondary N) is 1. The number of rotatable bonds is 8. The molecule has 0 aromatic carbocycles. The van der Waals surface area contributed by atoms with E-state index in [1.807, 2.05) is 16.8 Å². The van der Waals surface area contributed by atoms with Gasteiger partial charge in [0.2, 0.25) is 5.91 Å². The summed E-state index contributed by atoms with van der Waals surface area (Å²) in [7, 11) is 0. The van der Waals surface area contributed by atoms with Gasteiger partial charge in [0.15, 0.2) is 10.6 Å². The molecule has 4 rings (SSSR count). The molecule has 2 fully saturated rings. The van der Waals surface area contributed by atoms with Gasteiger partial charge in [-0.05, 0) is 43.6 Å².